The molecule has 1 atom stereocenters. The molecule has 90 valence electrons. The van der Waals surface area contributed by atoms with E-state index in [0.29, 0.717) is 16.8 Å². The quantitative estimate of drug-likeness (QED) is 0.780. The number of hydrogen-bond donors (Lipinski definition) is 1. The molecule has 0 saturated carbocycles. The molecular formula is C12H18ClNO2. The molecule has 0 aliphatic carbocycles. The zero-order valence-corrected chi connectivity index (χ0v) is 10.7. The van der Waals surface area contributed by atoms with E-state index in [2.05, 4.69) is 19.2 Å². The van der Waals surface area contributed by atoms with Gasteiger partial charge in [0, 0.05) is 13.2 Å². The molecule has 0 saturated heterocycles. The van der Waals surface area contributed by atoms with Crippen LogP contribution < -0.4 is 10.1 Å². The van der Waals surface area contributed by atoms with Crippen molar-refractivity contribution in [1.29, 1.82) is 0 Å². The molecule has 0 fully saturated rings. The van der Waals surface area contributed by atoms with Gasteiger partial charge >= 0.3 is 0 Å². The molecule has 3 nitrogen and oxygen atoms in total. The standard InChI is InChI=1S/C12H18ClNO2/c1-4-14-9(2)10-5-6-12(11(13)7-10)16-8-15-3/h5-7,9,14H,4,8H2,1-3H3. The maximum atomic E-state index is 6.10. The first kappa shape index (κ1) is 13.3. The van der Waals surface area contributed by atoms with Gasteiger partial charge in [-0.05, 0) is 31.2 Å². The Bertz CT molecular complexity index is 331. The van der Waals surface area contributed by atoms with Crippen LogP contribution in [0.1, 0.15) is 25.5 Å². The number of nitrogens with one attached hydrogen (secondary N) is 1. The Kier molecular flexibility index (Phi) is 5.60. The largest absolute Gasteiger partial charge is 0.466 e. The molecule has 0 aliphatic rings. The number of rotatable bonds is 6. The summed E-state index contributed by atoms with van der Waals surface area (Å²) in [6.45, 7) is 5.32. The van der Waals surface area contributed by atoms with Gasteiger partial charge in [-0.25, -0.2) is 0 Å². The topological polar surface area (TPSA) is 30.5 Å². The van der Waals surface area contributed by atoms with E-state index in [1.54, 1.807) is 7.11 Å². The van der Waals surface area contributed by atoms with Crippen LogP contribution >= 0.6 is 11.6 Å². The first-order valence-corrected chi connectivity index (χ1v) is 5.71. The summed E-state index contributed by atoms with van der Waals surface area (Å²) in [6, 6.07) is 6.08. The Morgan fingerprint density at radius 3 is 2.75 bits per heavy atom. The lowest BCUT2D eigenvalue weighted by atomic mass is 10.1. The molecule has 0 heterocycles. The van der Waals surface area contributed by atoms with Crippen molar-refractivity contribution in [1.82, 2.24) is 5.32 Å². The second-order valence-corrected chi connectivity index (χ2v) is 3.93. The highest BCUT2D eigenvalue weighted by Gasteiger charge is 2.07. The number of halogens is 1. The van der Waals surface area contributed by atoms with Crippen LogP contribution in [0.5, 0.6) is 5.75 Å². The van der Waals surface area contributed by atoms with Crippen LogP contribution in [0.25, 0.3) is 0 Å². The Hall–Kier alpha value is -0.770. The van der Waals surface area contributed by atoms with Gasteiger partial charge < -0.3 is 14.8 Å². The highest BCUT2D eigenvalue weighted by molar-refractivity contribution is 6.32. The third kappa shape index (κ3) is 3.67. The third-order valence-electron chi connectivity index (χ3n) is 2.30. The normalized spacial score (nSPS) is 12.5. The second kappa shape index (κ2) is 6.74. The molecule has 1 rings (SSSR count). The van der Waals surface area contributed by atoms with Crippen molar-refractivity contribution in [2.45, 2.75) is 19.9 Å². The lowest BCUT2D eigenvalue weighted by molar-refractivity contribution is 0.0512. The number of benzene rings is 1. The SMILES string of the molecule is CCNC(C)c1ccc(OCOC)c(Cl)c1. The van der Waals surface area contributed by atoms with Crippen LogP contribution in [0.2, 0.25) is 5.02 Å². The summed E-state index contributed by atoms with van der Waals surface area (Å²) in [5.41, 5.74) is 1.15. The highest BCUT2D eigenvalue weighted by atomic mass is 35.5. The highest BCUT2D eigenvalue weighted by Crippen LogP contribution is 2.27. The van der Waals surface area contributed by atoms with Gasteiger partial charge in [0.1, 0.15) is 5.75 Å². The minimum Gasteiger partial charge on any atom is -0.466 e. The molecule has 1 aromatic carbocycles. The number of ether oxygens (including phenoxy) is 2. The third-order valence-corrected chi connectivity index (χ3v) is 2.59. The summed E-state index contributed by atoms with van der Waals surface area (Å²) in [6.07, 6.45) is 0. The van der Waals surface area contributed by atoms with Crippen LogP contribution in [-0.4, -0.2) is 20.4 Å². The van der Waals surface area contributed by atoms with Gasteiger partial charge in [-0.2, -0.15) is 0 Å². The van der Waals surface area contributed by atoms with Crippen LogP contribution in [0.3, 0.4) is 0 Å². The summed E-state index contributed by atoms with van der Waals surface area (Å²) < 4.78 is 10.1. The van der Waals surface area contributed by atoms with Crippen LogP contribution in [0.4, 0.5) is 0 Å². The molecule has 0 aliphatic heterocycles. The van der Waals surface area contributed by atoms with Crippen molar-refractivity contribution < 1.29 is 9.47 Å². The minimum atomic E-state index is 0.210. The van der Waals surface area contributed by atoms with Gasteiger partial charge in [-0.3, -0.25) is 0 Å². The smallest absolute Gasteiger partial charge is 0.188 e. The average molecular weight is 244 g/mol. The Labute approximate surface area is 102 Å². The van der Waals surface area contributed by atoms with Crippen molar-refractivity contribution in [3.05, 3.63) is 28.8 Å². The van der Waals surface area contributed by atoms with E-state index in [1.807, 2.05) is 18.2 Å². The minimum absolute atomic E-state index is 0.210. The van der Waals surface area contributed by atoms with Crippen LogP contribution in [0.15, 0.2) is 18.2 Å². The van der Waals surface area contributed by atoms with E-state index in [0.717, 1.165) is 12.1 Å². The molecule has 0 amide bonds. The van der Waals surface area contributed by atoms with Crippen molar-refractivity contribution in [2.24, 2.45) is 0 Å². The second-order valence-electron chi connectivity index (χ2n) is 3.52. The predicted molar refractivity (Wildman–Crippen MR) is 66.0 cm³/mol. The van der Waals surface area contributed by atoms with Crippen molar-refractivity contribution in [3.8, 4) is 5.75 Å². The first-order chi connectivity index (χ1) is 7.69. The van der Waals surface area contributed by atoms with E-state index < -0.39 is 0 Å². The number of hydrogen-bond acceptors (Lipinski definition) is 3. The fraction of sp³-hybridized carbons (Fsp3) is 0.500. The van der Waals surface area contributed by atoms with Crippen molar-refractivity contribution in [2.75, 3.05) is 20.4 Å². The lowest BCUT2D eigenvalue weighted by Crippen LogP contribution is -2.17. The Morgan fingerprint density at radius 1 is 1.44 bits per heavy atom. The maximum Gasteiger partial charge on any atom is 0.188 e. The van der Waals surface area contributed by atoms with E-state index in [9.17, 15) is 0 Å². The van der Waals surface area contributed by atoms with Gasteiger partial charge in [-0.1, -0.05) is 24.6 Å². The molecule has 1 N–H and O–H groups in total. The summed E-state index contributed by atoms with van der Waals surface area (Å²) in [7, 11) is 1.58. The molecule has 0 bridgehead atoms. The molecule has 0 spiro atoms. The van der Waals surface area contributed by atoms with E-state index in [1.165, 1.54) is 0 Å². The fourth-order valence-corrected chi connectivity index (χ4v) is 1.69. The zero-order chi connectivity index (χ0) is 12.0. The summed E-state index contributed by atoms with van der Waals surface area (Å²) in [5.74, 6) is 0.649. The van der Waals surface area contributed by atoms with E-state index in [-0.39, 0.29) is 6.79 Å². The summed E-state index contributed by atoms with van der Waals surface area (Å²) in [5, 5.41) is 3.94. The molecule has 0 radical (unpaired) electrons. The van der Waals surface area contributed by atoms with E-state index in [4.69, 9.17) is 21.1 Å². The monoisotopic (exact) mass is 243 g/mol. The Balaban J connectivity index is 2.73. The van der Waals surface area contributed by atoms with Crippen LogP contribution in [0, 0.1) is 0 Å². The zero-order valence-electron chi connectivity index (χ0n) is 9.92. The van der Waals surface area contributed by atoms with Gasteiger partial charge in [0.25, 0.3) is 0 Å². The molecule has 1 unspecified atom stereocenters. The van der Waals surface area contributed by atoms with E-state index >= 15 is 0 Å². The molecule has 1 aromatic rings. The van der Waals surface area contributed by atoms with Gasteiger partial charge in [0.05, 0.1) is 5.02 Å². The van der Waals surface area contributed by atoms with Gasteiger partial charge in [0.15, 0.2) is 6.79 Å². The molecular weight excluding hydrogens is 226 g/mol. The van der Waals surface area contributed by atoms with Crippen LogP contribution in [-0.2, 0) is 4.74 Å². The summed E-state index contributed by atoms with van der Waals surface area (Å²) in [4.78, 5) is 0. The van der Waals surface area contributed by atoms with Crippen molar-refractivity contribution >= 4 is 11.6 Å². The fourth-order valence-electron chi connectivity index (χ4n) is 1.45. The Morgan fingerprint density at radius 2 is 2.19 bits per heavy atom. The maximum absolute atomic E-state index is 6.10. The summed E-state index contributed by atoms with van der Waals surface area (Å²) >= 11 is 6.10. The number of methoxy groups -OCH3 is 1. The average Bonchev–Trinajstić information content (AvgIpc) is 2.27. The molecule has 16 heavy (non-hydrogen) atoms. The van der Waals surface area contributed by atoms with Gasteiger partial charge in [-0.15, -0.1) is 0 Å². The van der Waals surface area contributed by atoms with Crippen molar-refractivity contribution in [3.63, 3.8) is 0 Å². The van der Waals surface area contributed by atoms with Gasteiger partial charge in [0.2, 0.25) is 0 Å². The molecule has 0 aromatic heterocycles. The molecule has 4 heteroatoms. The first-order valence-electron chi connectivity index (χ1n) is 5.33. The predicted octanol–water partition coefficient (Wildman–Crippen LogP) is 2.99. The lowest BCUT2D eigenvalue weighted by Gasteiger charge is -2.14.